The van der Waals surface area contributed by atoms with Gasteiger partial charge in [0.15, 0.2) is 0 Å². The lowest BCUT2D eigenvalue weighted by atomic mass is 9.84. The Bertz CT molecular complexity index is 757. The SMILES string of the molecule is COc1ccc(CC(C)Br)cc1C(c1ccccc1)c1ccccc1. The van der Waals surface area contributed by atoms with Crippen LogP contribution in [0.2, 0.25) is 0 Å². The molecule has 3 aromatic rings. The van der Waals surface area contributed by atoms with Crippen molar-refractivity contribution in [1.82, 2.24) is 0 Å². The van der Waals surface area contributed by atoms with Crippen LogP contribution in [0.15, 0.2) is 78.9 Å². The maximum atomic E-state index is 5.72. The Balaban J connectivity index is 2.16. The van der Waals surface area contributed by atoms with Crippen LogP contribution in [0.3, 0.4) is 0 Å². The van der Waals surface area contributed by atoms with Crippen molar-refractivity contribution >= 4 is 15.9 Å². The number of methoxy groups -OCH3 is 1. The van der Waals surface area contributed by atoms with Gasteiger partial charge in [-0.05, 0) is 29.2 Å². The van der Waals surface area contributed by atoms with E-state index in [2.05, 4.69) is 102 Å². The highest BCUT2D eigenvalue weighted by Gasteiger charge is 2.21. The Morgan fingerprint density at radius 3 is 1.88 bits per heavy atom. The molecule has 0 amide bonds. The highest BCUT2D eigenvalue weighted by Crippen LogP contribution is 2.37. The highest BCUT2D eigenvalue weighted by atomic mass is 79.9. The molecule has 0 spiro atoms. The van der Waals surface area contributed by atoms with E-state index in [9.17, 15) is 0 Å². The van der Waals surface area contributed by atoms with Crippen molar-refractivity contribution in [2.45, 2.75) is 24.1 Å². The Morgan fingerprint density at radius 2 is 1.40 bits per heavy atom. The van der Waals surface area contributed by atoms with Crippen molar-refractivity contribution in [2.24, 2.45) is 0 Å². The summed E-state index contributed by atoms with van der Waals surface area (Å²) in [6.07, 6.45) is 0.993. The second kappa shape index (κ2) is 8.35. The smallest absolute Gasteiger partial charge is 0.123 e. The van der Waals surface area contributed by atoms with Gasteiger partial charge in [0.05, 0.1) is 7.11 Å². The third-order valence-electron chi connectivity index (χ3n) is 4.39. The summed E-state index contributed by atoms with van der Waals surface area (Å²) in [5, 5.41) is 0. The number of hydrogen-bond donors (Lipinski definition) is 0. The first-order valence-electron chi connectivity index (χ1n) is 8.60. The van der Waals surface area contributed by atoms with E-state index in [-0.39, 0.29) is 5.92 Å². The molecule has 25 heavy (non-hydrogen) atoms. The summed E-state index contributed by atoms with van der Waals surface area (Å²) in [5.41, 5.74) is 5.08. The molecule has 0 aliphatic heterocycles. The van der Waals surface area contributed by atoms with E-state index in [1.165, 1.54) is 22.3 Å². The summed E-state index contributed by atoms with van der Waals surface area (Å²) >= 11 is 3.67. The molecule has 1 atom stereocenters. The molecular weight excluding hydrogens is 372 g/mol. The minimum atomic E-state index is 0.155. The zero-order valence-corrected chi connectivity index (χ0v) is 16.2. The summed E-state index contributed by atoms with van der Waals surface area (Å²) in [7, 11) is 1.75. The largest absolute Gasteiger partial charge is 0.496 e. The molecule has 128 valence electrons. The van der Waals surface area contributed by atoms with Gasteiger partial charge in [0.2, 0.25) is 0 Å². The van der Waals surface area contributed by atoms with Crippen molar-refractivity contribution in [2.75, 3.05) is 7.11 Å². The van der Waals surface area contributed by atoms with Crippen LogP contribution in [0.25, 0.3) is 0 Å². The van der Waals surface area contributed by atoms with Crippen molar-refractivity contribution in [3.05, 3.63) is 101 Å². The fourth-order valence-corrected chi connectivity index (χ4v) is 3.68. The topological polar surface area (TPSA) is 9.23 Å². The lowest BCUT2D eigenvalue weighted by molar-refractivity contribution is 0.409. The van der Waals surface area contributed by atoms with E-state index in [1.807, 2.05) is 0 Å². The van der Waals surface area contributed by atoms with Crippen LogP contribution in [-0.4, -0.2) is 11.9 Å². The predicted molar refractivity (Wildman–Crippen MR) is 109 cm³/mol. The number of benzene rings is 3. The molecule has 3 rings (SSSR count). The standard InChI is InChI=1S/C23H23BrO/c1-17(24)15-18-13-14-22(25-2)21(16-18)23(19-9-5-3-6-10-19)20-11-7-4-8-12-20/h3-14,16-17,23H,15H2,1-2H3. The van der Waals surface area contributed by atoms with Gasteiger partial charge in [-0.2, -0.15) is 0 Å². The molecule has 0 bridgehead atoms. The average Bonchev–Trinajstić information content (AvgIpc) is 2.64. The second-order valence-corrected chi connectivity index (χ2v) is 7.88. The van der Waals surface area contributed by atoms with Crippen molar-refractivity contribution in [3.8, 4) is 5.75 Å². The van der Waals surface area contributed by atoms with Crippen LogP contribution in [0.4, 0.5) is 0 Å². The lowest BCUT2D eigenvalue weighted by Crippen LogP contribution is -2.07. The first-order chi connectivity index (χ1) is 12.2. The van der Waals surface area contributed by atoms with E-state index in [1.54, 1.807) is 7.11 Å². The molecule has 0 saturated heterocycles. The third kappa shape index (κ3) is 4.32. The molecule has 0 saturated carbocycles. The normalized spacial score (nSPS) is 12.2. The number of ether oxygens (including phenoxy) is 1. The van der Waals surface area contributed by atoms with Crippen LogP contribution in [-0.2, 0) is 6.42 Å². The van der Waals surface area contributed by atoms with Gasteiger partial charge in [0.1, 0.15) is 5.75 Å². The zero-order chi connectivity index (χ0) is 17.6. The zero-order valence-electron chi connectivity index (χ0n) is 14.7. The molecule has 1 unspecified atom stereocenters. The molecule has 0 aromatic heterocycles. The third-order valence-corrected chi connectivity index (χ3v) is 4.71. The molecule has 0 N–H and O–H groups in total. The fraction of sp³-hybridized carbons (Fsp3) is 0.217. The molecule has 0 aliphatic carbocycles. The number of hydrogen-bond acceptors (Lipinski definition) is 1. The van der Waals surface area contributed by atoms with Gasteiger partial charge in [0, 0.05) is 16.3 Å². The molecule has 0 radical (unpaired) electrons. The van der Waals surface area contributed by atoms with Crippen LogP contribution < -0.4 is 4.74 Å². The van der Waals surface area contributed by atoms with Gasteiger partial charge in [-0.3, -0.25) is 0 Å². The molecule has 0 heterocycles. The number of alkyl halides is 1. The quantitative estimate of drug-likeness (QED) is 0.357. The van der Waals surface area contributed by atoms with E-state index < -0.39 is 0 Å². The summed E-state index contributed by atoms with van der Waals surface area (Å²) in [6.45, 7) is 2.18. The lowest BCUT2D eigenvalue weighted by Gasteiger charge is -2.22. The molecule has 2 heteroatoms. The Hall–Kier alpha value is -2.06. The second-order valence-electron chi connectivity index (χ2n) is 6.32. The summed E-state index contributed by atoms with van der Waals surface area (Å²) in [4.78, 5) is 0.445. The molecule has 0 fully saturated rings. The van der Waals surface area contributed by atoms with E-state index in [0.717, 1.165) is 12.2 Å². The summed E-state index contributed by atoms with van der Waals surface area (Å²) < 4.78 is 5.72. The summed E-state index contributed by atoms with van der Waals surface area (Å²) in [5.74, 6) is 1.09. The monoisotopic (exact) mass is 394 g/mol. The van der Waals surface area contributed by atoms with E-state index in [4.69, 9.17) is 4.74 Å². The Morgan fingerprint density at radius 1 is 0.840 bits per heavy atom. The highest BCUT2D eigenvalue weighted by molar-refractivity contribution is 9.09. The first kappa shape index (κ1) is 17.8. The van der Waals surface area contributed by atoms with Crippen LogP contribution in [0, 0.1) is 0 Å². The van der Waals surface area contributed by atoms with Crippen LogP contribution in [0.1, 0.15) is 35.1 Å². The van der Waals surface area contributed by atoms with Gasteiger partial charge in [-0.25, -0.2) is 0 Å². The van der Waals surface area contributed by atoms with Crippen LogP contribution in [0.5, 0.6) is 5.75 Å². The maximum absolute atomic E-state index is 5.72. The number of halogens is 1. The maximum Gasteiger partial charge on any atom is 0.123 e. The molecule has 0 aliphatic rings. The van der Waals surface area contributed by atoms with Crippen molar-refractivity contribution < 1.29 is 4.74 Å². The van der Waals surface area contributed by atoms with Gasteiger partial charge in [-0.1, -0.05) is 95.7 Å². The molecular formula is C23H23BrO. The fourth-order valence-electron chi connectivity index (χ4n) is 3.30. The van der Waals surface area contributed by atoms with Gasteiger partial charge in [-0.15, -0.1) is 0 Å². The molecule has 3 aromatic carbocycles. The first-order valence-corrected chi connectivity index (χ1v) is 9.51. The Labute approximate surface area is 158 Å². The van der Waals surface area contributed by atoms with Crippen LogP contribution >= 0.6 is 15.9 Å². The Kier molecular flexibility index (Phi) is 5.93. The minimum absolute atomic E-state index is 0.155. The van der Waals surface area contributed by atoms with Crippen molar-refractivity contribution in [1.29, 1.82) is 0 Å². The van der Waals surface area contributed by atoms with E-state index in [0.29, 0.717) is 4.83 Å². The summed E-state index contributed by atoms with van der Waals surface area (Å²) in [6, 6.07) is 27.8. The van der Waals surface area contributed by atoms with Gasteiger partial charge >= 0.3 is 0 Å². The number of rotatable bonds is 6. The molecule has 1 nitrogen and oxygen atoms in total. The average molecular weight is 395 g/mol. The van der Waals surface area contributed by atoms with Crippen molar-refractivity contribution in [3.63, 3.8) is 0 Å². The minimum Gasteiger partial charge on any atom is -0.496 e. The van der Waals surface area contributed by atoms with Gasteiger partial charge < -0.3 is 4.74 Å². The van der Waals surface area contributed by atoms with E-state index >= 15 is 0 Å². The van der Waals surface area contributed by atoms with Gasteiger partial charge in [0.25, 0.3) is 0 Å². The predicted octanol–water partition coefficient (Wildman–Crippen LogP) is 6.20.